The van der Waals surface area contributed by atoms with Gasteiger partial charge < -0.3 is 14.7 Å². The molecule has 3 heteroatoms. The van der Waals surface area contributed by atoms with Crippen molar-refractivity contribution in [2.75, 3.05) is 26.7 Å². The van der Waals surface area contributed by atoms with E-state index in [1.807, 2.05) is 24.3 Å². The third kappa shape index (κ3) is 3.10. The van der Waals surface area contributed by atoms with E-state index in [-0.39, 0.29) is 5.92 Å². The van der Waals surface area contributed by atoms with Crippen LogP contribution in [0.3, 0.4) is 0 Å². The van der Waals surface area contributed by atoms with Crippen molar-refractivity contribution in [2.45, 2.75) is 32.3 Å². The van der Waals surface area contributed by atoms with Gasteiger partial charge >= 0.3 is 0 Å². The minimum Gasteiger partial charge on any atom is -0.494 e. The largest absolute Gasteiger partial charge is 0.494 e. The second kappa shape index (κ2) is 5.93. The van der Waals surface area contributed by atoms with E-state index in [9.17, 15) is 5.11 Å². The van der Waals surface area contributed by atoms with Crippen LogP contribution in [-0.2, 0) is 5.60 Å². The molecule has 0 unspecified atom stereocenters. The molecule has 1 aromatic carbocycles. The van der Waals surface area contributed by atoms with E-state index in [4.69, 9.17) is 4.74 Å². The minimum atomic E-state index is -0.724. The van der Waals surface area contributed by atoms with Gasteiger partial charge in [0, 0.05) is 19.0 Å². The van der Waals surface area contributed by atoms with Crippen molar-refractivity contribution in [3.05, 3.63) is 29.8 Å². The van der Waals surface area contributed by atoms with Gasteiger partial charge in [0.1, 0.15) is 5.75 Å². The second-order valence-corrected chi connectivity index (χ2v) is 5.71. The first-order chi connectivity index (χ1) is 9.06. The van der Waals surface area contributed by atoms with E-state index in [1.54, 1.807) is 0 Å². The van der Waals surface area contributed by atoms with Crippen molar-refractivity contribution in [3.8, 4) is 5.75 Å². The van der Waals surface area contributed by atoms with Gasteiger partial charge in [-0.1, -0.05) is 26.0 Å². The summed E-state index contributed by atoms with van der Waals surface area (Å²) in [6.45, 7) is 6.79. The summed E-state index contributed by atoms with van der Waals surface area (Å²) >= 11 is 0. The van der Waals surface area contributed by atoms with Gasteiger partial charge in [-0.15, -0.1) is 0 Å². The molecule has 1 aliphatic heterocycles. The van der Waals surface area contributed by atoms with Crippen LogP contribution in [0.4, 0.5) is 0 Å². The molecule has 1 fully saturated rings. The monoisotopic (exact) mass is 263 g/mol. The highest BCUT2D eigenvalue weighted by molar-refractivity contribution is 5.33. The fourth-order valence-corrected chi connectivity index (χ4v) is 2.82. The van der Waals surface area contributed by atoms with Crippen LogP contribution < -0.4 is 4.74 Å². The number of nitrogens with zero attached hydrogens (tertiary/aromatic N) is 1. The fraction of sp³-hybridized carbons (Fsp3) is 0.625. The third-order valence-corrected chi connectivity index (χ3v) is 4.08. The summed E-state index contributed by atoms with van der Waals surface area (Å²) in [5.74, 6) is 1.09. The molecule has 1 N–H and O–H groups in total. The highest BCUT2D eigenvalue weighted by Gasteiger charge is 2.39. The molecule has 1 aromatic rings. The number of hydrogen-bond acceptors (Lipinski definition) is 3. The van der Waals surface area contributed by atoms with E-state index in [2.05, 4.69) is 25.8 Å². The summed E-state index contributed by atoms with van der Waals surface area (Å²) in [4.78, 5) is 2.27. The number of ether oxygens (including phenoxy) is 1. The lowest BCUT2D eigenvalue weighted by Crippen LogP contribution is -2.47. The quantitative estimate of drug-likeness (QED) is 0.906. The van der Waals surface area contributed by atoms with E-state index in [0.29, 0.717) is 0 Å². The molecule has 3 nitrogen and oxygen atoms in total. The molecule has 0 aliphatic carbocycles. The number of hydrogen-bond donors (Lipinski definition) is 1. The first kappa shape index (κ1) is 14.4. The Morgan fingerprint density at radius 3 is 2.95 bits per heavy atom. The Balaban J connectivity index is 2.20. The maximum atomic E-state index is 11.0. The molecule has 0 spiro atoms. The summed E-state index contributed by atoms with van der Waals surface area (Å²) < 4.78 is 5.67. The third-order valence-electron chi connectivity index (χ3n) is 4.08. The smallest absolute Gasteiger partial charge is 0.119 e. The molecule has 2 rings (SSSR count). The molecular formula is C16H25NO2. The minimum absolute atomic E-state index is 0.229. The van der Waals surface area contributed by atoms with Crippen LogP contribution in [0.1, 0.15) is 32.3 Å². The molecule has 0 bridgehead atoms. The maximum absolute atomic E-state index is 11.0. The molecule has 19 heavy (non-hydrogen) atoms. The summed E-state index contributed by atoms with van der Waals surface area (Å²) in [5, 5.41) is 11.0. The molecule has 2 atom stereocenters. The Morgan fingerprint density at radius 1 is 1.47 bits per heavy atom. The Kier molecular flexibility index (Phi) is 4.48. The van der Waals surface area contributed by atoms with Gasteiger partial charge in [0.05, 0.1) is 12.2 Å². The van der Waals surface area contributed by atoms with Gasteiger partial charge in [0.25, 0.3) is 0 Å². The van der Waals surface area contributed by atoms with Gasteiger partial charge in [0.15, 0.2) is 0 Å². The Hall–Kier alpha value is -1.06. The molecule has 106 valence electrons. The summed E-state index contributed by atoms with van der Waals surface area (Å²) in [6, 6.07) is 7.95. The predicted octanol–water partition coefficient (Wildman–Crippen LogP) is 2.63. The van der Waals surface area contributed by atoms with Crippen molar-refractivity contribution in [3.63, 3.8) is 0 Å². The van der Waals surface area contributed by atoms with Crippen molar-refractivity contribution in [1.82, 2.24) is 4.90 Å². The molecular weight excluding hydrogens is 238 g/mol. The van der Waals surface area contributed by atoms with E-state index in [1.165, 1.54) is 0 Å². The molecule has 1 aliphatic rings. The van der Waals surface area contributed by atoms with Crippen molar-refractivity contribution in [1.29, 1.82) is 0 Å². The molecule has 0 amide bonds. The Labute approximate surface area is 116 Å². The molecule has 1 saturated heterocycles. The molecule has 0 radical (unpaired) electrons. The average molecular weight is 263 g/mol. The topological polar surface area (TPSA) is 32.7 Å². The normalized spacial score (nSPS) is 28.3. The predicted molar refractivity (Wildman–Crippen MR) is 77.4 cm³/mol. The van der Waals surface area contributed by atoms with Gasteiger partial charge in [-0.2, -0.15) is 0 Å². The lowest BCUT2D eigenvalue weighted by molar-refractivity contribution is -0.0661. The summed E-state index contributed by atoms with van der Waals surface area (Å²) in [5.41, 5.74) is 0.264. The van der Waals surface area contributed by atoms with Crippen molar-refractivity contribution < 1.29 is 9.84 Å². The van der Waals surface area contributed by atoms with Gasteiger partial charge in [-0.05, 0) is 37.6 Å². The number of likely N-dealkylation sites (tertiary alicyclic amines) is 1. The van der Waals surface area contributed by atoms with Crippen LogP contribution in [0.5, 0.6) is 5.75 Å². The summed E-state index contributed by atoms with van der Waals surface area (Å²) in [7, 11) is 2.11. The van der Waals surface area contributed by atoms with E-state index >= 15 is 0 Å². The standard InChI is InChI=1S/C16H25NO2/c1-4-10-19-15-7-5-6-14(11-15)16(18)8-9-17(3)12-13(16)2/h5-7,11,13,18H,4,8-10,12H2,1-3H3/t13-,16+/m0/s1. The van der Waals surface area contributed by atoms with Crippen LogP contribution in [0, 0.1) is 5.92 Å². The van der Waals surface area contributed by atoms with Gasteiger partial charge in [-0.25, -0.2) is 0 Å². The Morgan fingerprint density at radius 2 is 2.26 bits per heavy atom. The SMILES string of the molecule is CCCOc1cccc([C@@]2(O)CCN(C)C[C@@H]2C)c1. The van der Waals surface area contributed by atoms with Crippen LogP contribution in [0.25, 0.3) is 0 Å². The average Bonchev–Trinajstić information content (AvgIpc) is 2.41. The highest BCUT2D eigenvalue weighted by atomic mass is 16.5. The maximum Gasteiger partial charge on any atom is 0.119 e. The van der Waals surface area contributed by atoms with Gasteiger partial charge in [0.2, 0.25) is 0 Å². The lowest BCUT2D eigenvalue weighted by atomic mass is 9.77. The zero-order valence-electron chi connectivity index (χ0n) is 12.2. The number of benzene rings is 1. The number of aliphatic hydroxyl groups is 1. The van der Waals surface area contributed by atoms with Crippen molar-refractivity contribution >= 4 is 0 Å². The Bertz CT molecular complexity index is 421. The zero-order chi connectivity index (χ0) is 13.9. The number of piperidine rings is 1. The van der Waals surface area contributed by atoms with E-state index < -0.39 is 5.60 Å². The van der Waals surface area contributed by atoms with Crippen molar-refractivity contribution in [2.24, 2.45) is 5.92 Å². The van der Waals surface area contributed by atoms with Crippen LogP contribution in [-0.4, -0.2) is 36.8 Å². The highest BCUT2D eigenvalue weighted by Crippen LogP contribution is 2.37. The van der Waals surface area contributed by atoms with Gasteiger partial charge in [-0.3, -0.25) is 0 Å². The fourth-order valence-electron chi connectivity index (χ4n) is 2.82. The molecule has 0 saturated carbocycles. The molecule has 0 aromatic heterocycles. The number of rotatable bonds is 4. The molecule has 1 heterocycles. The lowest BCUT2D eigenvalue weighted by Gasteiger charge is -2.42. The van der Waals surface area contributed by atoms with Crippen LogP contribution >= 0.6 is 0 Å². The summed E-state index contributed by atoms with van der Waals surface area (Å²) in [6.07, 6.45) is 1.78. The van der Waals surface area contributed by atoms with Crippen LogP contribution in [0.15, 0.2) is 24.3 Å². The second-order valence-electron chi connectivity index (χ2n) is 5.71. The van der Waals surface area contributed by atoms with Crippen LogP contribution in [0.2, 0.25) is 0 Å². The first-order valence-corrected chi connectivity index (χ1v) is 7.20. The first-order valence-electron chi connectivity index (χ1n) is 7.20. The zero-order valence-corrected chi connectivity index (χ0v) is 12.2. The van der Waals surface area contributed by atoms with E-state index in [0.717, 1.165) is 43.9 Å².